The summed E-state index contributed by atoms with van der Waals surface area (Å²) in [6.45, 7) is 3.06. The van der Waals surface area contributed by atoms with Crippen LogP contribution in [-0.2, 0) is 16.0 Å². The highest BCUT2D eigenvalue weighted by Crippen LogP contribution is 2.29. The Kier molecular flexibility index (Phi) is 8.90. The Hall–Kier alpha value is -3.44. The summed E-state index contributed by atoms with van der Waals surface area (Å²) in [5, 5.41) is 0. The summed E-state index contributed by atoms with van der Waals surface area (Å²) in [4.78, 5) is 29.0. The van der Waals surface area contributed by atoms with Crippen molar-refractivity contribution in [2.24, 2.45) is 0 Å². The van der Waals surface area contributed by atoms with Crippen LogP contribution in [0.2, 0.25) is 0 Å². The molecule has 0 atom stereocenters. The maximum atomic E-state index is 12.9. The molecular weight excluding hydrogens is 448 g/mol. The fraction of sp³-hybridized carbons (Fsp3) is 0.355. The zero-order chi connectivity index (χ0) is 25.3. The van der Waals surface area contributed by atoms with Crippen LogP contribution in [0.4, 0.5) is 0 Å². The van der Waals surface area contributed by atoms with Gasteiger partial charge in [-0.1, -0.05) is 72.8 Å². The summed E-state index contributed by atoms with van der Waals surface area (Å²) in [5.41, 5.74) is 4.13. The van der Waals surface area contributed by atoms with E-state index in [2.05, 4.69) is 65.6 Å². The number of hydrogen-bond donors (Lipinski definition) is 0. The van der Waals surface area contributed by atoms with Gasteiger partial charge in [0.2, 0.25) is 5.91 Å². The van der Waals surface area contributed by atoms with Crippen LogP contribution in [0, 0.1) is 0 Å². The largest absolute Gasteiger partial charge is 0.465 e. The second-order valence-electron chi connectivity index (χ2n) is 9.61. The van der Waals surface area contributed by atoms with Crippen molar-refractivity contribution in [3.05, 3.63) is 107 Å². The third-order valence-corrected chi connectivity index (χ3v) is 7.37. The van der Waals surface area contributed by atoms with Crippen LogP contribution in [0.3, 0.4) is 0 Å². The molecule has 0 unspecified atom stereocenters. The monoisotopic (exact) mass is 484 g/mol. The van der Waals surface area contributed by atoms with Gasteiger partial charge in [-0.2, -0.15) is 0 Å². The summed E-state index contributed by atoms with van der Waals surface area (Å²) < 4.78 is 4.74. The maximum absolute atomic E-state index is 12.9. The van der Waals surface area contributed by atoms with Crippen LogP contribution in [0.25, 0.3) is 0 Å². The van der Waals surface area contributed by atoms with Gasteiger partial charge in [0.25, 0.3) is 0 Å². The number of carbonyl (C=O) groups excluding carboxylic acids is 2. The molecule has 0 radical (unpaired) electrons. The van der Waals surface area contributed by atoms with Crippen LogP contribution in [0.15, 0.2) is 84.9 Å². The lowest BCUT2D eigenvalue weighted by Crippen LogP contribution is -2.46. The van der Waals surface area contributed by atoms with Gasteiger partial charge in [0.05, 0.1) is 19.1 Å². The fourth-order valence-electron chi connectivity index (χ4n) is 5.12. The van der Waals surface area contributed by atoms with Crippen molar-refractivity contribution in [3.63, 3.8) is 0 Å². The third-order valence-electron chi connectivity index (χ3n) is 7.37. The lowest BCUT2D eigenvalue weighted by molar-refractivity contribution is -0.132. The van der Waals surface area contributed by atoms with Crippen LogP contribution in [0.5, 0.6) is 0 Å². The molecule has 1 aliphatic heterocycles. The number of nitrogens with zero attached hydrogens (tertiary/aromatic N) is 2. The zero-order valence-corrected chi connectivity index (χ0v) is 21.3. The average Bonchev–Trinajstić information content (AvgIpc) is 2.94. The van der Waals surface area contributed by atoms with Crippen LogP contribution >= 0.6 is 0 Å². The lowest BCUT2D eigenvalue weighted by atomic mass is 9.88. The minimum absolute atomic E-state index is 0.118. The van der Waals surface area contributed by atoms with Crippen molar-refractivity contribution in [2.75, 3.05) is 33.8 Å². The maximum Gasteiger partial charge on any atom is 0.337 e. The first-order valence-corrected chi connectivity index (χ1v) is 12.8. The van der Waals surface area contributed by atoms with Gasteiger partial charge in [0.1, 0.15) is 0 Å². The quantitative estimate of drug-likeness (QED) is 0.394. The second kappa shape index (κ2) is 12.5. The number of ether oxygens (including phenoxy) is 1. The number of hydrogen-bond acceptors (Lipinski definition) is 4. The van der Waals surface area contributed by atoms with Crippen LogP contribution < -0.4 is 0 Å². The number of benzene rings is 3. The van der Waals surface area contributed by atoms with E-state index in [9.17, 15) is 9.59 Å². The molecule has 0 spiro atoms. The molecule has 1 aliphatic rings. The van der Waals surface area contributed by atoms with Crippen molar-refractivity contribution in [3.8, 4) is 0 Å². The van der Waals surface area contributed by atoms with E-state index in [4.69, 9.17) is 4.74 Å². The number of piperidine rings is 1. The van der Waals surface area contributed by atoms with E-state index >= 15 is 0 Å². The summed E-state index contributed by atoms with van der Waals surface area (Å²) in [6.07, 6.45) is 3.40. The number of likely N-dealkylation sites (N-methyl/N-ethyl adjacent to an activating group) is 1. The summed E-state index contributed by atoms with van der Waals surface area (Å²) >= 11 is 0. The van der Waals surface area contributed by atoms with E-state index in [1.54, 1.807) is 12.1 Å². The van der Waals surface area contributed by atoms with E-state index in [1.165, 1.54) is 18.2 Å². The van der Waals surface area contributed by atoms with Gasteiger partial charge in [-0.05, 0) is 54.6 Å². The van der Waals surface area contributed by atoms with E-state index in [0.717, 1.165) is 44.5 Å². The minimum Gasteiger partial charge on any atom is -0.465 e. The van der Waals surface area contributed by atoms with Crippen molar-refractivity contribution in [1.29, 1.82) is 0 Å². The molecular formula is C31H36N2O3. The number of esters is 1. The Morgan fingerprint density at radius 1 is 0.889 bits per heavy atom. The molecule has 0 N–H and O–H groups in total. The van der Waals surface area contributed by atoms with E-state index in [0.29, 0.717) is 17.9 Å². The molecule has 1 saturated heterocycles. The highest BCUT2D eigenvalue weighted by atomic mass is 16.5. The Morgan fingerprint density at radius 2 is 1.44 bits per heavy atom. The van der Waals surface area contributed by atoms with Crippen LogP contribution in [0.1, 0.15) is 52.2 Å². The van der Waals surface area contributed by atoms with Crippen molar-refractivity contribution in [1.82, 2.24) is 9.80 Å². The molecule has 0 aliphatic carbocycles. The highest BCUT2D eigenvalue weighted by Gasteiger charge is 2.26. The molecule has 0 saturated carbocycles. The van der Waals surface area contributed by atoms with Crippen molar-refractivity contribution < 1.29 is 14.3 Å². The number of amides is 1. The minimum atomic E-state index is -0.365. The molecule has 0 bridgehead atoms. The first-order chi connectivity index (χ1) is 17.5. The van der Waals surface area contributed by atoms with Gasteiger partial charge >= 0.3 is 5.97 Å². The lowest BCUT2D eigenvalue weighted by Gasteiger charge is -2.37. The predicted molar refractivity (Wildman–Crippen MR) is 143 cm³/mol. The zero-order valence-electron chi connectivity index (χ0n) is 21.3. The van der Waals surface area contributed by atoms with Crippen molar-refractivity contribution >= 4 is 11.9 Å². The molecule has 1 fully saturated rings. The van der Waals surface area contributed by atoms with Gasteiger partial charge in [-0.25, -0.2) is 4.79 Å². The normalized spacial score (nSPS) is 14.5. The van der Waals surface area contributed by atoms with E-state index in [1.807, 2.05) is 24.1 Å². The van der Waals surface area contributed by atoms with E-state index < -0.39 is 0 Å². The third kappa shape index (κ3) is 6.61. The Balaban J connectivity index is 1.27. The Morgan fingerprint density at radius 3 is 1.97 bits per heavy atom. The summed E-state index contributed by atoms with van der Waals surface area (Å²) in [6, 6.07) is 28.9. The Labute approximate surface area is 214 Å². The number of rotatable bonds is 9. The molecule has 0 aromatic heterocycles. The number of carbonyl (C=O) groups is 2. The standard InChI is InChI=1S/C31H36N2O3/c1-32(30(34)23-24-13-15-27(16-14-24)31(35)36-2)28-17-20-33(21-18-28)22-19-29(25-9-5-3-6-10-25)26-11-7-4-8-12-26/h3-16,28-29H,17-23H2,1-2H3. The van der Waals surface area contributed by atoms with Crippen molar-refractivity contribution in [2.45, 2.75) is 37.6 Å². The topological polar surface area (TPSA) is 49.9 Å². The second-order valence-corrected chi connectivity index (χ2v) is 9.61. The fourth-order valence-corrected chi connectivity index (χ4v) is 5.12. The van der Waals surface area contributed by atoms with Gasteiger partial charge in [-0.3, -0.25) is 4.79 Å². The molecule has 5 heteroatoms. The molecule has 36 heavy (non-hydrogen) atoms. The first kappa shape index (κ1) is 25.6. The molecule has 1 heterocycles. The summed E-state index contributed by atoms with van der Waals surface area (Å²) in [5.74, 6) is 0.142. The summed E-state index contributed by atoms with van der Waals surface area (Å²) in [7, 11) is 3.29. The molecule has 1 amide bonds. The molecule has 188 valence electrons. The Bertz CT molecular complexity index is 1070. The molecule has 4 rings (SSSR count). The first-order valence-electron chi connectivity index (χ1n) is 12.8. The van der Waals surface area contributed by atoms with E-state index in [-0.39, 0.29) is 17.9 Å². The van der Waals surface area contributed by atoms with Gasteiger partial charge in [0, 0.05) is 32.1 Å². The average molecular weight is 485 g/mol. The van der Waals surface area contributed by atoms with Gasteiger partial charge < -0.3 is 14.5 Å². The SMILES string of the molecule is COC(=O)c1ccc(CC(=O)N(C)C2CCN(CCC(c3ccccc3)c3ccccc3)CC2)cc1. The molecule has 3 aromatic rings. The van der Waals surface area contributed by atoms with Crippen LogP contribution in [-0.4, -0.2) is 61.5 Å². The number of methoxy groups -OCH3 is 1. The molecule has 5 nitrogen and oxygen atoms in total. The van der Waals surface area contributed by atoms with Gasteiger partial charge in [0.15, 0.2) is 0 Å². The predicted octanol–water partition coefficient (Wildman–Crippen LogP) is 5.16. The van der Waals surface area contributed by atoms with Gasteiger partial charge in [-0.15, -0.1) is 0 Å². The molecule has 3 aromatic carbocycles. The highest BCUT2D eigenvalue weighted by molar-refractivity contribution is 5.89. The number of likely N-dealkylation sites (tertiary alicyclic amines) is 1. The smallest absolute Gasteiger partial charge is 0.337 e.